The highest BCUT2D eigenvalue weighted by Crippen LogP contribution is 2.31. The smallest absolute Gasteiger partial charge is 0.227 e. The molecule has 31 heavy (non-hydrogen) atoms. The summed E-state index contributed by atoms with van der Waals surface area (Å²) in [6.07, 6.45) is 18.1. The average molecular weight is 425 g/mol. The number of carbonyl (C=O) groups excluding carboxylic acids is 1. The summed E-state index contributed by atoms with van der Waals surface area (Å²) in [7, 11) is 0. The van der Waals surface area contributed by atoms with Crippen molar-refractivity contribution in [2.24, 2.45) is 11.8 Å². The maximum Gasteiger partial charge on any atom is 0.227 e. The van der Waals surface area contributed by atoms with Gasteiger partial charge in [0, 0.05) is 6.04 Å². The highest BCUT2D eigenvalue weighted by Gasteiger charge is 2.27. The normalized spacial score (nSPS) is 24.6. The third-order valence-electron chi connectivity index (χ3n) is 7.51. The molecule has 1 saturated carbocycles. The molecular formula is C27H37FN2O. The minimum atomic E-state index is -0.255. The Balaban J connectivity index is 1.20. The first-order valence-corrected chi connectivity index (χ1v) is 12.3. The molecule has 168 valence electrons. The van der Waals surface area contributed by atoms with Crippen molar-refractivity contribution in [1.29, 1.82) is 0 Å². The van der Waals surface area contributed by atoms with Crippen molar-refractivity contribution < 1.29 is 9.18 Å². The summed E-state index contributed by atoms with van der Waals surface area (Å²) in [4.78, 5) is 15.4. The van der Waals surface area contributed by atoms with E-state index < -0.39 is 0 Å². The predicted molar refractivity (Wildman–Crippen MR) is 124 cm³/mol. The number of rotatable bonds is 6. The van der Waals surface area contributed by atoms with Crippen LogP contribution in [0.3, 0.4) is 0 Å². The fourth-order valence-corrected chi connectivity index (χ4v) is 5.47. The van der Waals surface area contributed by atoms with Crippen LogP contribution in [0, 0.1) is 17.7 Å². The van der Waals surface area contributed by atoms with E-state index in [4.69, 9.17) is 0 Å². The van der Waals surface area contributed by atoms with Crippen LogP contribution in [-0.4, -0.2) is 29.9 Å². The summed E-state index contributed by atoms with van der Waals surface area (Å²) in [5.41, 5.74) is 2.32. The minimum Gasteiger partial charge on any atom is -0.349 e. The van der Waals surface area contributed by atoms with E-state index in [1.54, 1.807) is 12.1 Å². The number of allylic oxidation sites excluding steroid dienone is 3. The van der Waals surface area contributed by atoms with Gasteiger partial charge in [0.25, 0.3) is 0 Å². The number of halogens is 1. The SMILES string of the molecule is C[C@H](NC(=O)C1C=CC(CC2CCN(C3CCCCC3)CC2)=CC1)c1ccc(F)cc1. The summed E-state index contributed by atoms with van der Waals surface area (Å²) in [6, 6.07) is 7.06. The van der Waals surface area contributed by atoms with Crippen molar-refractivity contribution in [3.05, 3.63) is 59.4 Å². The topological polar surface area (TPSA) is 32.3 Å². The second-order valence-electron chi connectivity index (χ2n) is 9.74. The number of hydrogen-bond acceptors (Lipinski definition) is 2. The molecule has 1 unspecified atom stereocenters. The third kappa shape index (κ3) is 6.06. The second-order valence-corrected chi connectivity index (χ2v) is 9.74. The Morgan fingerprint density at radius 1 is 1.10 bits per heavy atom. The van der Waals surface area contributed by atoms with Gasteiger partial charge in [-0.1, -0.05) is 55.2 Å². The average Bonchev–Trinajstić information content (AvgIpc) is 2.81. The van der Waals surface area contributed by atoms with Gasteiger partial charge in [0.2, 0.25) is 5.91 Å². The van der Waals surface area contributed by atoms with Gasteiger partial charge >= 0.3 is 0 Å². The molecular weight excluding hydrogens is 387 g/mol. The molecule has 1 amide bonds. The standard InChI is InChI=1S/C27H37FN2O/c1-20(23-11-13-25(28)14-12-23)29-27(31)24-9-7-21(8-10-24)19-22-15-17-30(18-16-22)26-5-3-2-4-6-26/h7-9,11-14,20,22,24,26H,2-6,10,15-19H2,1H3,(H,29,31)/t20-,24?/m0/s1. The van der Waals surface area contributed by atoms with Crippen LogP contribution in [0.2, 0.25) is 0 Å². The Hall–Kier alpha value is -1.94. The number of likely N-dealkylation sites (tertiary alicyclic amines) is 1. The molecule has 1 aromatic carbocycles. The van der Waals surface area contributed by atoms with Crippen molar-refractivity contribution in [1.82, 2.24) is 10.2 Å². The lowest BCUT2D eigenvalue weighted by Gasteiger charge is -2.39. The molecule has 2 atom stereocenters. The molecule has 3 aliphatic rings. The second kappa shape index (κ2) is 10.6. The van der Waals surface area contributed by atoms with E-state index in [0.717, 1.165) is 30.4 Å². The molecule has 4 heteroatoms. The Bertz CT molecular complexity index is 786. The minimum absolute atomic E-state index is 0.0455. The Labute approximate surface area is 186 Å². The summed E-state index contributed by atoms with van der Waals surface area (Å²) < 4.78 is 13.1. The van der Waals surface area contributed by atoms with Crippen LogP contribution in [0.5, 0.6) is 0 Å². The van der Waals surface area contributed by atoms with Gasteiger partial charge in [-0.05, 0) is 82.2 Å². The lowest BCUT2D eigenvalue weighted by atomic mass is 9.85. The Morgan fingerprint density at radius 3 is 2.45 bits per heavy atom. The fraction of sp³-hybridized carbons (Fsp3) is 0.593. The zero-order valence-corrected chi connectivity index (χ0v) is 18.9. The van der Waals surface area contributed by atoms with Gasteiger partial charge in [-0.3, -0.25) is 4.79 Å². The highest BCUT2D eigenvalue weighted by molar-refractivity contribution is 5.81. The van der Waals surface area contributed by atoms with Gasteiger partial charge in [-0.25, -0.2) is 4.39 Å². The molecule has 0 radical (unpaired) electrons. The molecule has 0 aromatic heterocycles. The van der Waals surface area contributed by atoms with E-state index in [9.17, 15) is 9.18 Å². The van der Waals surface area contributed by atoms with Crippen LogP contribution in [0.4, 0.5) is 4.39 Å². The van der Waals surface area contributed by atoms with E-state index in [1.165, 1.54) is 75.7 Å². The molecule has 2 fully saturated rings. The predicted octanol–water partition coefficient (Wildman–Crippen LogP) is 5.94. The van der Waals surface area contributed by atoms with E-state index in [1.807, 2.05) is 6.92 Å². The van der Waals surface area contributed by atoms with Crippen LogP contribution in [0.25, 0.3) is 0 Å². The lowest BCUT2D eigenvalue weighted by molar-refractivity contribution is -0.124. The van der Waals surface area contributed by atoms with E-state index in [2.05, 4.69) is 28.4 Å². The molecule has 0 bridgehead atoms. The maximum absolute atomic E-state index is 13.1. The number of amides is 1. The third-order valence-corrected chi connectivity index (χ3v) is 7.51. The van der Waals surface area contributed by atoms with Crippen molar-refractivity contribution >= 4 is 5.91 Å². The number of hydrogen-bond donors (Lipinski definition) is 1. The van der Waals surface area contributed by atoms with Crippen LogP contribution in [-0.2, 0) is 4.79 Å². The van der Waals surface area contributed by atoms with Crippen molar-refractivity contribution in [3.63, 3.8) is 0 Å². The zero-order chi connectivity index (χ0) is 21.6. The number of nitrogens with zero attached hydrogens (tertiary/aromatic N) is 1. The first-order chi connectivity index (χ1) is 15.1. The molecule has 3 nitrogen and oxygen atoms in total. The summed E-state index contributed by atoms with van der Waals surface area (Å²) in [5, 5.41) is 3.07. The Morgan fingerprint density at radius 2 is 1.81 bits per heavy atom. The van der Waals surface area contributed by atoms with Gasteiger partial charge in [0.05, 0.1) is 12.0 Å². The van der Waals surface area contributed by atoms with Crippen LogP contribution in [0.15, 0.2) is 48.1 Å². The molecule has 1 saturated heterocycles. The number of nitrogens with one attached hydrogen (secondary N) is 1. The summed E-state index contributed by atoms with van der Waals surface area (Å²) in [6.45, 7) is 4.47. The number of carbonyl (C=O) groups is 1. The largest absolute Gasteiger partial charge is 0.349 e. The zero-order valence-electron chi connectivity index (χ0n) is 18.9. The molecule has 1 aromatic rings. The van der Waals surface area contributed by atoms with Gasteiger partial charge in [0.15, 0.2) is 0 Å². The van der Waals surface area contributed by atoms with Gasteiger partial charge < -0.3 is 10.2 Å². The van der Waals surface area contributed by atoms with Gasteiger partial charge in [-0.15, -0.1) is 0 Å². The van der Waals surface area contributed by atoms with Crippen molar-refractivity contribution in [2.45, 2.75) is 76.8 Å². The molecule has 2 aliphatic carbocycles. The quantitative estimate of drug-likeness (QED) is 0.613. The highest BCUT2D eigenvalue weighted by atomic mass is 19.1. The van der Waals surface area contributed by atoms with Crippen LogP contribution >= 0.6 is 0 Å². The molecule has 1 N–H and O–H groups in total. The molecule has 1 aliphatic heterocycles. The van der Waals surface area contributed by atoms with Gasteiger partial charge in [-0.2, -0.15) is 0 Å². The summed E-state index contributed by atoms with van der Waals surface area (Å²) >= 11 is 0. The first kappa shape index (κ1) is 22.3. The maximum atomic E-state index is 13.1. The molecule has 1 heterocycles. The number of benzene rings is 1. The Kier molecular flexibility index (Phi) is 7.60. The van der Waals surface area contributed by atoms with E-state index >= 15 is 0 Å². The van der Waals surface area contributed by atoms with Crippen LogP contribution in [0.1, 0.15) is 76.3 Å². The van der Waals surface area contributed by atoms with E-state index in [0.29, 0.717) is 0 Å². The number of piperidine rings is 1. The van der Waals surface area contributed by atoms with E-state index in [-0.39, 0.29) is 23.7 Å². The fourth-order valence-electron chi connectivity index (χ4n) is 5.47. The molecule has 4 rings (SSSR count). The lowest BCUT2D eigenvalue weighted by Crippen LogP contribution is -2.42. The monoisotopic (exact) mass is 424 g/mol. The first-order valence-electron chi connectivity index (χ1n) is 12.3. The van der Waals surface area contributed by atoms with Crippen molar-refractivity contribution in [3.8, 4) is 0 Å². The van der Waals surface area contributed by atoms with Crippen molar-refractivity contribution in [2.75, 3.05) is 13.1 Å². The molecule has 0 spiro atoms. The summed E-state index contributed by atoms with van der Waals surface area (Å²) in [5.74, 6) is 0.457. The van der Waals surface area contributed by atoms with Gasteiger partial charge in [0.1, 0.15) is 5.82 Å². The van der Waals surface area contributed by atoms with Crippen LogP contribution < -0.4 is 5.32 Å².